The first-order valence-electron chi connectivity index (χ1n) is 5.16. The number of rotatable bonds is 7. The van der Waals surface area contributed by atoms with Crippen molar-refractivity contribution in [1.29, 1.82) is 0 Å². The predicted octanol–water partition coefficient (Wildman–Crippen LogP) is 3.43. The Morgan fingerprint density at radius 3 is 2.33 bits per heavy atom. The molecule has 0 rings (SSSR count). The van der Waals surface area contributed by atoms with Crippen LogP contribution in [0.4, 0.5) is 0 Å². The standard InChI is InChI=1S/C11H22O/c1-4-5-6-7-10(2)11(3)8-9-12/h9-11H,4-8H2,1-3H3. The maximum atomic E-state index is 10.2. The zero-order valence-corrected chi connectivity index (χ0v) is 8.68. The van der Waals surface area contributed by atoms with Crippen LogP contribution in [0.3, 0.4) is 0 Å². The molecule has 0 bridgehead atoms. The number of unbranched alkanes of at least 4 members (excludes halogenated alkanes) is 2. The van der Waals surface area contributed by atoms with E-state index in [0.29, 0.717) is 11.8 Å². The second-order valence-corrected chi connectivity index (χ2v) is 3.85. The smallest absolute Gasteiger partial charge is 0.120 e. The third kappa shape index (κ3) is 5.34. The number of aldehydes is 1. The highest BCUT2D eigenvalue weighted by Crippen LogP contribution is 2.20. The molecule has 0 fully saturated rings. The summed E-state index contributed by atoms with van der Waals surface area (Å²) < 4.78 is 0. The molecule has 0 aromatic rings. The molecule has 0 aliphatic heterocycles. The van der Waals surface area contributed by atoms with Gasteiger partial charge in [0.2, 0.25) is 0 Å². The Hall–Kier alpha value is -0.330. The SMILES string of the molecule is CCCCCC(C)C(C)CC=O. The zero-order valence-electron chi connectivity index (χ0n) is 8.68. The maximum absolute atomic E-state index is 10.2. The number of carbonyl (C=O) groups is 1. The molecule has 0 aliphatic rings. The normalized spacial score (nSPS) is 15.6. The summed E-state index contributed by atoms with van der Waals surface area (Å²) in [7, 11) is 0. The lowest BCUT2D eigenvalue weighted by Crippen LogP contribution is -2.08. The lowest BCUT2D eigenvalue weighted by molar-refractivity contribution is -0.108. The van der Waals surface area contributed by atoms with Crippen molar-refractivity contribution in [3.63, 3.8) is 0 Å². The van der Waals surface area contributed by atoms with E-state index in [1.54, 1.807) is 0 Å². The Balaban J connectivity index is 3.41. The van der Waals surface area contributed by atoms with E-state index in [4.69, 9.17) is 0 Å². The van der Waals surface area contributed by atoms with Gasteiger partial charge in [-0.25, -0.2) is 0 Å². The first-order valence-corrected chi connectivity index (χ1v) is 5.16. The van der Waals surface area contributed by atoms with E-state index < -0.39 is 0 Å². The van der Waals surface area contributed by atoms with Crippen LogP contribution in [0.1, 0.15) is 52.9 Å². The fourth-order valence-corrected chi connectivity index (χ4v) is 1.38. The molecule has 0 heterocycles. The van der Waals surface area contributed by atoms with Gasteiger partial charge in [-0.2, -0.15) is 0 Å². The molecule has 0 N–H and O–H groups in total. The monoisotopic (exact) mass is 170 g/mol. The highest BCUT2D eigenvalue weighted by molar-refractivity contribution is 5.49. The molecule has 0 aliphatic carbocycles. The highest BCUT2D eigenvalue weighted by Gasteiger charge is 2.10. The summed E-state index contributed by atoms with van der Waals surface area (Å²) in [6, 6.07) is 0. The number of hydrogen-bond acceptors (Lipinski definition) is 1. The van der Waals surface area contributed by atoms with Gasteiger partial charge in [-0.05, 0) is 11.8 Å². The minimum absolute atomic E-state index is 0.569. The van der Waals surface area contributed by atoms with Gasteiger partial charge >= 0.3 is 0 Å². The van der Waals surface area contributed by atoms with Crippen molar-refractivity contribution in [2.24, 2.45) is 11.8 Å². The molecule has 2 atom stereocenters. The number of hydrogen-bond donors (Lipinski definition) is 0. The summed E-state index contributed by atoms with van der Waals surface area (Å²) in [6.45, 7) is 6.65. The quantitative estimate of drug-likeness (QED) is 0.422. The molecule has 12 heavy (non-hydrogen) atoms. The summed E-state index contributed by atoms with van der Waals surface area (Å²) >= 11 is 0. The Morgan fingerprint density at radius 1 is 1.17 bits per heavy atom. The van der Waals surface area contributed by atoms with Crippen LogP contribution in [-0.4, -0.2) is 6.29 Å². The van der Waals surface area contributed by atoms with E-state index in [9.17, 15) is 4.79 Å². The third-order valence-electron chi connectivity index (χ3n) is 2.70. The minimum atomic E-state index is 0.569. The third-order valence-corrected chi connectivity index (χ3v) is 2.70. The van der Waals surface area contributed by atoms with Gasteiger partial charge in [0.05, 0.1) is 0 Å². The van der Waals surface area contributed by atoms with Crippen LogP contribution in [0, 0.1) is 11.8 Å². The van der Waals surface area contributed by atoms with Gasteiger partial charge in [-0.1, -0.05) is 46.5 Å². The van der Waals surface area contributed by atoms with Crippen molar-refractivity contribution in [2.45, 2.75) is 52.9 Å². The van der Waals surface area contributed by atoms with Crippen molar-refractivity contribution in [1.82, 2.24) is 0 Å². The van der Waals surface area contributed by atoms with E-state index in [1.165, 1.54) is 25.7 Å². The first kappa shape index (κ1) is 11.7. The lowest BCUT2D eigenvalue weighted by atomic mass is 9.89. The van der Waals surface area contributed by atoms with Gasteiger partial charge in [-0.15, -0.1) is 0 Å². The van der Waals surface area contributed by atoms with Crippen molar-refractivity contribution in [2.75, 3.05) is 0 Å². The molecule has 0 amide bonds. The maximum Gasteiger partial charge on any atom is 0.120 e. The van der Waals surface area contributed by atoms with E-state index in [0.717, 1.165) is 12.7 Å². The summed E-state index contributed by atoms with van der Waals surface area (Å²) in [5, 5.41) is 0. The molecule has 1 heteroatoms. The molecule has 0 aromatic heterocycles. The summed E-state index contributed by atoms with van der Waals surface area (Å²) in [5.41, 5.74) is 0. The molecule has 0 aromatic carbocycles. The molecular formula is C11H22O. The largest absolute Gasteiger partial charge is 0.303 e. The van der Waals surface area contributed by atoms with Gasteiger partial charge in [0, 0.05) is 6.42 Å². The Labute approximate surface area is 76.6 Å². The molecule has 0 spiro atoms. The van der Waals surface area contributed by atoms with Crippen LogP contribution >= 0.6 is 0 Å². The Bertz CT molecular complexity index is 110. The van der Waals surface area contributed by atoms with E-state index >= 15 is 0 Å². The highest BCUT2D eigenvalue weighted by atomic mass is 16.1. The van der Waals surface area contributed by atoms with Crippen molar-refractivity contribution in [3.05, 3.63) is 0 Å². The van der Waals surface area contributed by atoms with Crippen LogP contribution in [0.2, 0.25) is 0 Å². The topological polar surface area (TPSA) is 17.1 Å². The van der Waals surface area contributed by atoms with Crippen LogP contribution < -0.4 is 0 Å². The van der Waals surface area contributed by atoms with Gasteiger partial charge in [0.15, 0.2) is 0 Å². The molecule has 1 nitrogen and oxygen atoms in total. The lowest BCUT2D eigenvalue weighted by Gasteiger charge is -2.16. The van der Waals surface area contributed by atoms with Gasteiger partial charge in [-0.3, -0.25) is 0 Å². The summed E-state index contributed by atoms with van der Waals surface area (Å²) in [4.78, 5) is 10.2. The van der Waals surface area contributed by atoms with Crippen LogP contribution in [0.5, 0.6) is 0 Å². The van der Waals surface area contributed by atoms with Gasteiger partial charge in [0.25, 0.3) is 0 Å². The Kier molecular flexibility index (Phi) is 7.12. The Morgan fingerprint density at radius 2 is 1.83 bits per heavy atom. The molecular weight excluding hydrogens is 148 g/mol. The van der Waals surface area contributed by atoms with Crippen LogP contribution in [0.15, 0.2) is 0 Å². The molecule has 0 saturated carbocycles. The second-order valence-electron chi connectivity index (χ2n) is 3.85. The van der Waals surface area contributed by atoms with E-state index in [-0.39, 0.29) is 0 Å². The fraction of sp³-hybridized carbons (Fsp3) is 0.909. The molecule has 2 unspecified atom stereocenters. The van der Waals surface area contributed by atoms with Crippen molar-refractivity contribution in [3.8, 4) is 0 Å². The zero-order chi connectivity index (χ0) is 9.40. The average molecular weight is 170 g/mol. The minimum Gasteiger partial charge on any atom is -0.303 e. The molecule has 0 radical (unpaired) electrons. The van der Waals surface area contributed by atoms with Crippen molar-refractivity contribution < 1.29 is 4.79 Å². The van der Waals surface area contributed by atoms with Gasteiger partial charge in [0.1, 0.15) is 6.29 Å². The summed E-state index contributed by atoms with van der Waals surface area (Å²) in [6.07, 6.45) is 6.99. The molecule has 0 saturated heterocycles. The average Bonchev–Trinajstić information content (AvgIpc) is 2.05. The van der Waals surface area contributed by atoms with Crippen LogP contribution in [0.25, 0.3) is 0 Å². The predicted molar refractivity (Wildman–Crippen MR) is 53.2 cm³/mol. The first-order chi connectivity index (χ1) is 5.72. The van der Waals surface area contributed by atoms with E-state index in [1.807, 2.05) is 0 Å². The van der Waals surface area contributed by atoms with Gasteiger partial charge < -0.3 is 4.79 Å². The van der Waals surface area contributed by atoms with Crippen LogP contribution in [-0.2, 0) is 4.79 Å². The van der Waals surface area contributed by atoms with Crippen molar-refractivity contribution >= 4 is 6.29 Å². The second kappa shape index (κ2) is 7.33. The summed E-state index contributed by atoms with van der Waals surface area (Å²) in [5.74, 6) is 1.28. The number of carbonyl (C=O) groups excluding carboxylic acids is 1. The fourth-order valence-electron chi connectivity index (χ4n) is 1.38. The van der Waals surface area contributed by atoms with E-state index in [2.05, 4.69) is 20.8 Å². The molecule has 72 valence electrons.